The summed E-state index contributed by atoms with van der Waals surface area (Å²) in [6.45, 7) is 0. The van der Waals surface area contributed by atoms with Crippen LogP contribution in [0.3, 0.4) is 0 Å². The zero-order valence-corrected chi connectivity index (χ0v) is 9.44. The second-order valence-corrected chi connectivity index (χ2v) is 3.63. The Morgan fingerprint density at radius 3 is 2.53 bits per heavy atom. The van der Waals surface area contributed by atoms with Crippen molar-refractivity contribution in [1.82, 2.24) is 9.97 Å². The topological polar surface area (TPSA) is 75.6 Å². The Kier molecular flexibility index (Phi) is 3.09. The van der Waals surface area contributed by atoms with E-state index in [9.17, 15) is 13.2 Å². The maximum Gasteiger partial charge on any atom is 0.433 e. The van der Waals surface area contributed by atoms with Crippen molar-refractivity contribution < 1.29 is 13.2 Å². The molecule has 2 heterocycles. The number of anilines is 1. The monoisotopic (exact) mass is 264 g/mol. The third-order valence-electron chi connectivity index (χ3n) is 2.45. The molecule has 2 rings (SSSR count). The first kappa shape index (κ1) is 12.8. The number of nitrogens with zero attached hydrogens (tertiary/aromatic N) is 3. The minimum Gasteiger partial charge on any atom is -0.383 e. The van der Waals surface area contributed by atoms with Gasteiger partial charge in [0, 0.05) is 23.5 Å². The minimum atomic E-state index is -4.63. The lowest BCUT2D eigenvalue weighted by atomic mass is 10.00. The molecule has 0 atom stereocenters. The van der Waals surface area contributed by atoms with Crippen LogP contribution < -0.4 is 5.73 Å². The number of alkyl halides is 3. The first-order chi connectivity index (χ1) is 8.95. The molecule has 0 fully saturated rings. The van der Waals surface area contributed by atoms with Crippen molar-refractivity contribution in [3.63, 3.8) is 0 Å². The Morgan fingerprint density at radius 2 is 1.89 bits per heavy atom. The van der Waals surface area contributed by atoms with E-state index in [0.29, 0.717) is 0 Å². The third-order valence-corrected chi connectivity index (χ3v) is 2.45. The largest absolute Gasteiger partial charge is 0.433 e. The fourth-order valence-electron chi connectivity index (χ4n) is 1.69. The second kappa shape index (κ2) is 4.57. The van der Waals surface area contributed by atoms with Crippen molar-refractivity contribution in [1.29, 1.82) is 5.26 Å². The van der Waals surface area contributed by atoms with E-state index in [-0.39, 0.29) is 22.5 Å². The maximum atomic E-state index is 12.9. The van der Waals surface area contributed by atoms with Crippen molar-refractivity contribution in [3.05, 3.63) is 41.9 Å². The Morgan fingerprint density at radius 1 is 1.16 bits per heavy atom. The summed E-state index contributed by atoms with van der Waals surface area (Å²) in [7, 11) is 0. The number of pyridine rings is 2. The quantitative estimate of drug-likeness (QED) is 0.859. The minimum absolute atomic E-state index is 0.0194. The number of hydrogen-bond acceptors (Lipinski definition) is 4. The van der Waals surface area contributed by atoms with Crippen LogP contribution in [0.15, 0.2) is 30.6 Å². The number of nitrogens with two attached hydrogens (primary N) is 1. The molecule has 7 heteroatoms. The molecule has 0 amide bonds. The first-order valence-corrected chi connectivity index (χ1v) is 5.12. The molecule has 0 aliphatic heterocycles. The van der Waals surface area contributed by atoms with Gasteiger partial charge in [-0.25, -0.2) is 4.98 Å². The van der Waals surface area contributed by atoms with E-state index in [1.54, 1.807) is 6.07 Å². The fourth-order valence-corrected chi connectivity index (χ4v) is 1.69. The van der Waals surface area contributed by atoms with Gasteiger partial charge < -0.3 is 5.73 Å². The fraction of sp³-hybridized carbons (Fsp3) is 0.0833. The maximum absolute atomic E-state index is 12.9. The van der Waals surface area contributed by atoms with Crippen LogP contribution in [0.2, 0.25) is 0 Å². The summed E-state index contributed by atoms with van der Waals surface area (Å²) < 4.78 is 38.7. The molecule has 4 nitrogen and oxygen atoms in total. The highest BCUT2D eigenvalue weighted by Crippen LogP contribution is 2.38. The normalized spacial score (nSPS) is 11.1. The molecule has 2 aromatic heterocycles. The van der Waals surface area contributed by atoms with E-state index in [2.05, 4.69) is 9.97 Å². The molecule has 0 spiro atoms. The van der Waals surface area contributed by atoms with Crippen LogP contribution in [0.4, 0.5) is 19.0 Å². The lowest BCUT2D eigenvalue weighted by Crippen LogP contribution is -2.11. The van der Waals surface area contributed by atoms with Gasteiger partial charge in [0.25, 0.3) is 0 Å². The van der Waals surface area contributed by atoms with E-state index in [1.165, 1.54) is 24.4 Å². The van der Waals surface area contributed by atoms with Gasteiger partial charge in [0.05, 0.1) is 11.6 Å². The molecule has 0 aliphatic rings. The van der Waals surface area contributed by atoms with Gasteiger partial charge >= 0.3 is 6.18 Å². The molecule has 2 aromatic rings. The summed E-state index contributed by atoms with van der Waals surface area (Å²) in [5.41, 5.74) is 4.21. The molecular weight excluding hydrogens is 257 g/mol. The molecule has 0 saturated heterocycles. The van der Waals surface area contributed by atoms with E-state index < -0.39 is 11.9 Å². The number of nitrogen functional groups attached to an aromatic ring is 1. The average Bonchev–Trinajstić information content (AvgIpc) is 2.37. The third kappa shape index (κ3) is 2.33. The molecule has 0 saturated carbocycles. The van der Waals surface area contributed by atoms with Gasteiger partial charge in [-0.2, -0.15) is 18.4 Å². The van der Waals surface area contributed by atoms with Crippen molar-refractivity contribution in [2.75, 3.05) is 5.73 Å². The Bertz CT molecular complexity index is 659. The van der Waals surface area contributed by atoms with E-state index in [4.69, 9.17) is 11.0 Å². The predicted molar refractivity (Wildman–Crippen MR) is 61.6 cm³/mol. The van der Waals surface area contributed by atoms with Crippen LogP contribution in [-0.2, 0) is 6.18 Å². The Labute approximate surface area is 106 Å². The second-order valence-electron chi connectivity index (χ2n) is 3.63. The van der Waals surface area contributed by atoms with Gasteiger partial charge in [0.1, 0.15) is 5.82 Å². The van der Waals surface area contributed by atoms with Gasteiger partial charge in [0.2, 0.25) is 0 Å². The van der Waals surface area contributed by atoms with Gasteiger partial charge in [-0.05, 0) is 12.1 Å². The van der Waals surface area contributed by atoms with Crippen LogP contribution in [0.5, 0.6) is 0 Å². The molecule has 2 N–H and O–H groups in total. The van der Waals surface area contributed by atoms with Gasteiger partial charge in [-0.3, -0.25) is 4.98 Å². The first-order valence-electron chi connectivity index (χ1n) is 5.12. The van der Waals surface area contributed by atoms with Crippen LogP contribution in [0, 0.1) is 11.3 Å². The van der Waals surface area contributed by atoms with Gasteiger partial charge in [-0.15, -0.1) is 0 Å². The summed E-state index contributed by atoms with van der Waals surface area (Å²) in [4.78, 5) is 7.04. The molecule has 0 aliphatic carbocycles. The smallest absolute Gasteiger partial charge is 0.383 e. The predicted octanol–water partition coefficient (Wildman–Crippen LogP) is 2.62. The summed E-state index contributed by atoms with van der Waals surface area (Å²) >= 11 is 0. The number of hydrogen-bond donors (Lipinski definition) is 1. The highest BCUT2D eigenvalue weighted by molar-refractivity contribution is 5.80. The standard InChI is InChI=1S/C12H7F3N4/c13-12(14,15)10-8(2-1-4-18-10)9-7(6-16)3-5-19-11(9)17/h1-5H,(H2,17,19). The lowest BCUT2D eigenvalue weighted by Gasteiger charge is -2.13. The number of aromatic nitrogens is 2. The number of nitriles is 1. The van der Waals surface area contributed by atoms with Crippen molar-refractivity contribution in [3.8, 4) is 17.2 Å². The number of rotatable bonds is 1. The lowest BCUT2D eigenvalue weighted by molar-refractivity contribution is -0.140. The van der Waals surface area contributed by atoms with E-state index in [0.717, 1.165) is 6.20 Å². The molecule has 0 radical (unpaired) electrons. The summed E-state index contributed by atoms with van der Waals surface area (Å²) in [6, 6.07) is 5.66. The molecule has 0 aromatic carbocycles. The van der Waals surface area contributed by atoms with Crippen LogP contribution in [-0.4, -0.2) is 9.97 Å². The molecule has 0 unspecified atom stereocenters. The molecule has 0 bridgehead atoms. The zero-order valence-electron chi connectivity index (χ0n) is 9.44. The van der Waals surface area contributed by atoms with Crippen molar-refractivity contribution in [2.24, 2.45) is 0 Å². The van der Waals surface area contributed by atoms with Crippen LogP contribution in [0.1, 0.15) is 11.3 Å². The average molecular weight is 264 g/mol. The van der Waals surface area contributed by atoms with Crippen LogP contribution >= 0.6 is 0 Å². The molecular formula is C12H7F3N4. The molecule has 19 heavy (non-hydrogen) atoms. The summed E-state index contributed by atoms with van der Waals surface area (Å²) in [5.74, 6) is -0.141. The highest BCUT2D eigenvalue weighted by atomic mass is 19.4. The molecule has 96 valence electrons. The summed E-state index contributed by atoms with van der Waals surface area (Å²) in [5, 5.41) is 8.96. The van der Waals surface area contributed by atoms with Crippen molar-refractivity contribution >= 4 is 5.82 Å². The van der Waals surface area contributed by atoms with E-state index in [1.807, 2.05) is 0 Å². The summed E-state index contributed by atoms with van der Waals surface area (Å²) in [6.07, 6.45) is -2.34. The number of halogens is 3. The van der Waals surface area contributed by atoms with Gasteiger partial charge in [-0.1, -0.05) is 6.07 Å². The van der Waals surface area contributed by atoms with E-state index >= 15 is 0 Å². The van der Waals surface area contributed by atoms with Crippen molar-refractivity contribution in [2.45, 2.75) is 6.18 Å². The van der Waals surface area contributed by atoms with Crippen LogP contribution in [0.25, 0.3) is 11.1 Å². The highest BCUT2D eigenvalue weighted by Gasteiger charge is 2.36. The van der Waals surface area contributed by atoms with Gasteiger partial charge in [0.15, 0.2) is 5.69 Å². The Balaban J connectivity index is 2.78. The SMILES string of the molecule is N#Cc1ccnc(N)c1-c1cccnc1C(F)(F)F. The Hall–Kier alpha value is -2.62. The zero-order chi connectivity index (χ0) is 14.0.